The number of nitrogens with zero attached hydrogens (tertiary/aromatic N) is 5. The van der Waals surface area contributed by atoms with Crippen LogP contribution in [0.1, 0.15) is 5.56 Å². The molecule has 4 rings (SSSR count). The molecule has 0 aliphatic heterocycles. The maximum atomic E-state index is 9.54. The standard InChI is InChI=1S/C20H12Cl2N6/c21-14-4-1-12(2-5-14)19-13(11-23)3-10-17-18(20(24)27-28(17)19)26-25-16-8-6-15(22)7-9-16/h1-10H,(H2,24,27). The van der Waals surface area contributed by atoms with Gasteiger partial charge in [0.05, 0.1) is 22.5 Å². The van der Waals surface area contributed by atoms with Crippen molar-refractivity contribution in [3.63, 3.8) is 0 Å². The molecule has 2 heterocycles. The number of hydrogen-bond acceptors (Lipinski definition) is 5. The fraction of sp³-hybridized carbons (Fsp3) is 0. The molecule has 2 N–H and O–H groups in total. The van der Waals surface area contributed by atoms with E-state index in [9.17, 15) is 5.26 Å². The number of anilines is 1. The molecule has 28 heavy (non-hydrogen) atoms. The van der Waals surface area contributed by atoms with Crippen molar-refractivity contribution >= 4 is 45.9 Å². The Bertz CT molecular complexity index is 1240. The summed E-state index contributed by atoms with van der Waals surface area (Å²) in [5, 5.41) is 23.6. The summed E-state index contributed by atoms with van der Waals surface area (Å²) in [4.78, 5) is 0. The van der Waals surface area contributed by atoms with Crippen LogP contribution >= 0.6 is 23.2 Å². The molecule has 0 fully saturated rings. The minimum absolute atomic E-state index is 0.211. The van der Waals surface area contributed by atoms with Crippen LogP contribution in [-0.2, 0) is 0 Å². The quantitative estimate of drug-likeness (QED) is 0.411. The van der Waals surface area contributed by atoms with Gasteiger partial charge in [-0.2, -0.15) is 10.4 Å². The molecule has 8 heteroatoms. The molecule has 0 unspecified atom stereocenters. The van der Waals surface area contributed by atoms with E-state index in [0.29, 0.717) is 38.2 Å². The van der Waals surface area contributed by atoms with E-state index in [1.165, 1.54) is 0 Å². The first-order chi connectivity index (χ1) is 13.6. The van der Waals surface area contributed by atoms with E-state index >= 15 is 0 Å². The topological polar surface area (TPSA) is 91.8 Å². The first-order valence-electron chi connectivity index (χ1n) is 8.21. The zero-order valence-corrected chi connectivity index (χ0v) is 15.9. The number of halogens is 2. The van der Waals surface area contributed by atoms with Crippen molar-refractivity contribution in [3.8, 4) is 17.3 Å². The van der Waals surface area contributed by atoms with Gasteiger partial charge in [-0.15, -0.1) is 10.2 Å². The minimum atomic E-state index is 0.211. The van der Waals surface area contributed by atoms with Gasteiger partial charge in [-0.05, 0) is 48.5 Å². The van der Waals surface area contributed by atoms with Crippen LogP contribution in [0.15, 0.2) is 70.9 Å². The van der Waals surface area contributed by atoms with Gasteiger partial charge in [0.1, 0.15) is 6.07 Å². The third kappa shape index (κ3) is 3.29. The number of pyridine rings is 1. The van der Waals surface area contributed by atoms with Crippen LogP contribution in [-0.4, -0.2) is 9.61 Å². The molecule has 0 aliphatic rings. The lowest BCUT2D eigenvalue weighted by atomic mass is 10.1. The molecule has 0 spiro atoms. The van der Waals surface area contributed by atoms with Gasteiger partial charge in [-0.25, -0.2) is 4.52 Å². The highest BCUT2D eigenvalue weighted by Gasteiger charge is 2.17. The Morgan fingerprint density at radius 3 is 2.18 bits per heavy atom. The van der Waals surface area contributed by atoms with Gasteiger partial charge < -0.3 is 5.73 Å². The second-order valence-electron chi connectivity index (χ2n) is 5.92. The Morgan fingerprint density at radius 1 is 0.893 bits per heavy atom. The largest absolute Gasteiger partial charge is 0.380 e. The average Bonchev–Trinajstić information content (AvgIpc) is 3.02. The van der Waals surface area contributed by atoms with Crippen LogP contribution in [0.5, 0.6) is 0 Å². The number of nitriles is 1. The van der Waals surface area contributed by atoms with Gasteiger partial charge in [0.15, 0.2) is 11.5 Å². The van der Waals surface area contributed by atoms with Crippen LogP contribution in [0.3, 0.4) is 0 Å². The fourth-order valence-electron chi connectivity index (χ4n) is 2.81. The van der Waals surface area contributed by atoms with Crippen LogP contribution < -0.4 is 5.73 Å². The molecule has 2 aromatic heterocycles. The van der Waals surface area contributed by atoms with Crippen LogP contribution in [0.25, 0.3) is 16.8 Å². The van der Waals surface area contributed by atoms with Crippen LogP contribution in [0.2, 0.25) is 10.0 Å². The molecule has 0 atom stereocenters. The molecular weight excluding hydrogens is 395 g/mol. The fourth-order valence-corrected chi connectivity index (χ4v) is 3.06. The second-order valence-corrected chi connectivity index (χ2v) is 6.79. The molecular formula is C20H12Cl2N6. The summed E-state index contributed by atoms with van der Waals surface area (Å²) in [6, 6.07) is 19.8. The molecule has 0 saturated heterocycles. The first kappa shape index (κ1) is 18.0. The number of rotatable bonds is 3. The first-order valence-corrected chi connectivity index (χ1v) is 8.97. The maximum Gasteiger partial charge on any atom is 0.174 e. The van der Waals surface area contributed by atoms with Crippen molar-refractivity contribution in [2.45, 2.75) is 0 Å². The Kier molecular flexibility index (Phi) is 4.70. The third-order valence-corrected chi connectivity index (χ3v) is 4.63. The molecule has 0 radical (unpaired) electrons. The van der Waals surface area contributed by atoms with Gasteiger partial charge in [0.25, 0.3) is 0 Å². The van der Waals surface area contributed by atoms with E-state index in [1.54, 1.807) is 53.0 Å². The summed E-state index contributed by atoms with van der Waals surface area (Å²) in [5.74, 6) is 0.211. The lowest BCUT2D eigenvalue weighted by Gasteiger charge is -2.07. The lowest BCUT2D eigenvalue weighted by Crippen LogP contribution is -1.98. The summed E-state index contributed by atoms with van der Waals surface area (Å²) in [6.07, 6.45) is 0. The molecule has 2 aromatic carbocycles. The van der Waals surface area contributed by atoms with Gasteiger partial charge in [0.2, 0.25) is 0 Å². The smallest absolute Gasteiger partial charge is 0.174 e. The van der Waals surface area contributed by atoms with Crippen LogP contribution in [0.4, 0.5) is 17.2 Å². The molecule has 4 aromatic rings. The van der Waals surface area contributed by atoms with Gasteiger partial charge in [-0.3, -0.25) is 0 Å². The number of nitrogens with two attached hydrogens (primary N) is 1. The number of benzene rings is 2. The monoisotopic (exact) mass is 406 g/mol. The molecule has 0 amide bonds. The molecule has 136 valence electrons. The van der Waals surface area contributed by atoms with E-state index in [2.05, 4.69) is 21.4 Å². The van der Waals surface area contributed by atoms with Crippen molar-refractivity contribution in [3.05, 3.63) is 76.3 Å². The molecule has 0 aliphatic carbocycles. The van der Waals surface area contributed by atoms with E-state index in [1.807, 2.05) is 12.1 Å². The number of aromatic nitrogens is 2. The maximum absolute atomic E-state index is 9.54. The SMILES string of the molecule is N#Cc1ccc2c(N=Nc3ccc(Cl)cc3)c(N)nn2c1-c1ccc(Cl)cc1. The van der Waals surface area contributed by atoms with E-state index in [-0.39, 0.29) is 5.82 Å². The minimum Gasteiger partial charge on any atom is -0.380 e. The third-order valence-electron chi connectivity index (χ3n) is 4.13. The van der Waals surface area contributed by atoms with Gasteiger partial charge >= 0.3 is 0 Å². The van der Waals surface area contributed by atoms with E-state index in [0.717, 1.165) is 5.56 Å². The number of hydrogen-bond donors (Lipinski definition) is 1. The number of fused-ring (bicyclic) bond motifs is 1. The van der Waals surface area contributed by atoms with Crippen molar-refractivity contribution < 1.29 is 0 Å². The van der Waals surface area contributed by atoms with Gasteiger partial charge in [-0.1, -0.05) is 35.3 Å². The van der Waals surface area contributed by atoms with Crippen molar-refractivity contribution in [2.24, 2.45) is 10.2 Å². The highest BCUT2D eigenvalue weighted by Crippen LogP contribution is 2.34. The van der Waals surface area contributed by atoms with Crippen molar-refractivity contribution in [2.75, 3.05) is 5.73 Å². The van der Waals surface area contributed by atoms with Crippen LogP contribution in [0, 0.1) is 11.3 Å². The summed E-state index contributed by atoms with van der Waals surface area (Å²) in [7, 11) is 0. The number of nitrogen functional groups attached to an aromatic ring is 1. The summed E-state index contributed by atoms with van der Waals surface area (Å²) < 4.78 is 1.60. The van der Waals surface area contributed by atoms with Crippen molar-refractivity contribution in [1.29, 1.82) is 5.26 Å². The highest BCUT2D eigenvalue weighted by atomic mass is 35.5. The predicted molar refractivity (Wildman–Crippen MR) is 110 cm³/mol. The highest BCUT2D eigenvalue weighted by molar-refractivity contribution is 6.30. The van der Waals surface area contributed by atoms with E-state index in [4.69, 9.17) is 28.9 Å². The Morgan fingerprint density at radius 2 is 1.54 bits per heavy atom. The second kappa shape index (κ2) is 7.31. The summed E-state index contributed by atoms with van der Waals surface area (Å²) >= 11 is 11.9. The normalized spacial score (nSPS) is 11.2. The Labute approximate surface area is 170 Å². The molecule has 6 nitrogen and oxygen atoms in total. The molecule has 0 bridgehead atoms. The van der Waals surface area contributed by atoms with Crippen molar-refractivity contribution in [1.82, 2.24) is 9.61 Å². The summed E-state index contributed by atoms with van der Waals surface area (Å²) in [5.41, 5.74) is 9.64. The number of azo groups is 1. The Balaban J connectivity index is 1.87. The molecule has 0 saturated carbocycles. The lowest BCUT2D eigenvalue weighted by molar-refractivity contribution is 0.973. The zero-order chi connectivity index (χ0) is 19.7. The average molecular weight is 407 g/mol. The zero-order valence-electron chi connectivity index (χ0n) is 14.3. The van der Waals surface area contributed by atoms with Gasteiger partial charge in [0, 0.05) is 15.6 Å². The Hall–Kier alpha value is -3.40. The van der Waals surface area contributed by atoms with E-state index < -0.39 is 0 Å². The summed E-state index contributed by atoms with van der Waals surface area (Å²) in [6.45, 7) is 0. The predicted octanol–water partition coefficient (Wildman–Crippen LogP) is 6.18.